The molecular weight excluding hydrogens is 336 g/mol. The van der Waals surface area contributed by atoms with E-state index in [1.807, 2.05) is 0 Å². The third-order valence-corrected chi connectivity index (χ3v) is 3.86. The lowest BCUT2D eigenvalue weighted by molar-refractivity contribution is -0.356. The van der Waals surface area contributed by atoms with E-state index in [1.165, 1.54) is 6.33 Å². The van der Waals surface area contributed by atoms with Gasteiger partial charge >= 0.3 is 5.96 Å². The number of rotatable bonds is 2. The number of nitrogens with two attached hydrogens (primary N) is 1. The summed E-state index contributed by atoms with van der Waals surface area (Å²) in [7, 11) is 0. The van der Waals surface area contributed by atoms with Crippen LogP contribution in [0.2, 0.25) is 0 Å². The van der Waals surface area contributed by atoms with Crippen LogP contribution in [0.25, 0.3) is 0 Å². The lowest BCUT2D eigenvalue weighted by Gasteiger charge is -2.23. The fourth-order valence-corrected chi connectivity index (χ4v) is 2.67. The number of aromatic nitrogens is 2. The van der Waals surface area contributed by atoms with Crippen LogP contribution in [0.5, 0.6) is 0 Å². The summed E-state index contributed by atoms with van der Waals surface area (Å²) in [5.74, 6) is -0.800. The predicted octanol–water partition coefficient (Wildman–Crippen LogP) is -2.33. The van der Waals surface area contributed by atoms with Crippen LogP contribution >= 0.6 is 11.6 Å². The van der Waals surface area contributed by atoms with Gasteiger partial charge in [0.2, 0.25) is 5.82 Å². The molecule has 0 saturated carbocycles. The van der Waals surface area contributed by atoms with Gasteiger partial charge in [-0.2, -0.15) is 0 Å². The minimum Gasteiger partial charge on any atom is -0.394 e. The van der Waals surface area contributed by atoms with Crippen molar-refractivity contribution < 1.29 is 25.0 Å². The molecule has 12 nitrogen and oxygen atoms in total. The Kier molecular flexibility index (Phi) is 3.74. The lowest BCUT2D eigenvalue weighted by Crippen LogP contribution is -2.53. The number of aliphatic imine (C=N–C) groups is 1. The van der Waals surface area contributed by atoms with E-state index in [-0.39, 0.29) is 11.5 Å². The van der Waals surface area contributed by atoms with Gasteiger partial charge in [-0.1, -0.05) is 11.6 Å². The average Bonchev–Trinajstić information content (AvgIpc) is 3.02. The van der Waals surface area contributed by atoms with Crippen molar-refractivity contribution in [2.75, 3.05) is 6.61 Å². The van der Waals surface area contributed by atoms with Crippen molar-refractivity contribution in [1.82, 2.24) is 14.9 Å². The molecule has 0 amide bonds. The number of imidazole rings is 1. The molecule has 13 heteroatoms. The van der Waals surface area contributed by atoms with E-state index in [0.29, 0.717) is 0 Å². The second-order valence-corrected chi connectivity index (χ2v) is 5.68. The van der Waals surface area contributed by atoms with E-state index in [0.717, 1.165) is 4.57 Å². The standard InChI is InChI=1S/C10H13ClN6O6/c11-10(12)6-7(14-9(15-10)17(21)22)16(2-13-6)8-5(20)4(19)3(1-18)23-8/h2-5,8,18-20H,1,12H2,(H,14,15)/t3-,4-,5-,8-,10?/m1/s1. The number of fused-ring (bicyclic) bond motifs is 1. The molecule has 2 aliphatic heterocycles. The summed E-state index contributed by atoms with van der Waals surface area (Å²) in [5, 5.41) is 40.2. The number of aliphatic hydroxyl groups excluding tert-OH is 3. The van der Waals surface area contributed by atoms with Crippen LogP contribution in [-0.4, -0.2) is 60.7 Å². The van der Waals surface area contributed by atoms with Gasteiger partial charge < -0.3 is 30.2 Å². The van der Waals surface area contributed by atoms with E-state index in [4.69, 9.17) is 27.2 Å². The normalized spacial score (nSPS) is 36.3. The molecule has 1 fully saturated rings. The van der Waals surface area contributed by atoms with E-state index in [1.54, 1.807) is 0 Å². The van der Waals surface area contributed by atoms with E-state index in [9.17, 15) is 20.3 Å². The van der Waals surface area contributed by atoms with E-state index in [2.05, 4.69) is 15.3 Å². The first-order valence-electron chi connectivity index (χ1n) is 6.45. The highest BCUT2D eigenvalue weighted by atomic mass is 35.5. The number of nitrogens with one attached hydrogen (secondary N) is 1. The summed E-state index contributed by atoms with van der Waals surface area (Å²) >= 11 is 6.00. The van der Waals surface area contributed by atoms with Crippen molar-refractivity contribution in [3.8, 4) is 0 Å². The molecular formula is C10H13ClN6O6. The third-order valence-electron chi connectivity index (χ3n) is 3.58. The van der Waals surface area contributed by atoms with E-state index >= 15 is 0 Å². The number of hydrogen-bond donors (Lipinski definition) is 5. The molecule has 5 atom stereocenters. The maximum atomic E-state index is 10.9. The Labute approximate surface area is 133 Å². The molecule has 0 aliphatic carbocycles. The number of halogens is 1. The number of hydrogen-bond acceptors (Lipinski definition) is 10. The Balaban J connectivity index is 2.05. The highest BCUT2D eigenvalue weighted by Gasteiger charge is 2.48. The Morgan fingerprint density at radius 3 is 2.83 bits per heavy atom. The van der Waals surface area contributed by atoms with Crippen LogP contribution in [0.4, 0.5) is 5.82 Å². The summed E-state index contributed by atoms with van der Waals surface area (Å²) < 4.78 is 6.50. The topological polar surface area (TPSA) is 181 Å². The maximum Gasteiger partial charge on any atom is 0.432 e. The van der Waals surface area contributed by atoms with Gasteiger partial charge in [-0.05, 0) is 9.92 Å². The van der Waals surface area contributed by atoms with Gasteiger partial charge in [0, 0.05) is 0 Å². The molecule has 1 aromatic heterocycles. The van der Waals surface area contributed by atoms with Crippen molar-refractivity contribution in [1.29, 1.82) is 0 Å². The Morgan fingerprint density at radius 1 is 1.57 bits per heavy atom. The Bertz CT molecular complexity index is 677. The molecule has 6 N–H and O–H groups in total. The number of guanidine groups is 1. The minimum absolute atomic E-state index is 0.0116. The largest absolute Gasteiger partial charge is 0.432 e. The molecule has 3 rings (SSSR count). The quantitative estimate of drug-likeness (QED) is 0.169. The Hall–Kier alpha value is -1.83. The van der Waals surface area contributed by atoms with Gasteiger partial charge in [-0.25, -0.2) is 10.3 Å². The highest BCUT2D eigenvalue weighted by Crippen LogP contribution is 2.38. The summed E-state index contributed by atoms with van der Waals surface area (Å²) in [6.07, 6.45) is -3.77. The van der Waals surface area contributed by atoms with Crippen LogP contribution in [0.3, 0.4) is 0 Å². The summed E-state index contributed by atoms with van der Waals surface area (Å²) in [6, 6.07) is 0. The number of aliphatic hydroxyl groups is 3. The van der Waals surface area contributed by atoms with Crippen LogP contribution < -0.4 is 11.1 Å². The fourth-order valence-electron chi connectivity index (χ4n) is 2.45. The maximum absolute atomic E-state index is 10.9. The predicted molar refractivity (Wildman–Crippen MR) is 74.2 cm³/mol. The Morgan fingerprint density at radius 2 is 2.26 bits per heavy atom. The van der Waals surface area contributed by atoms with E-state index < -0.39 is 47.2 Å². The SMILES string of the molecule is NC1(Cl)NC([N+](=O)[O-])=Nc2c1ncn2[C@@H]1O[C@H](CO)[C@@H](O)[C@H]1O. The molecule has 0 radical (unpaired) electrons. The number of ether oxygens (including phenoxy) is 1. The first-order valence-corrected chi connectivity index (χ1v) is 6.83. The molecule has 0 bridgehead atoms. The zero-order valence-electron chi connectivity index (χ0n) is 11.4. The van der Waals surface area contributed by atoms with Crippen molar-refractivity contribution in [3.63, 3.8) is 0 Å². The molecule has 3 heterocycles. The molecule has 126 valence electrons. The fraction of sp³-hybridized carbons (Fsp3) is 0.600. The molecule has 1 aromatic rings. The number of nitro groups is 1. The zero-order valence-corrected chi connectivity index (χ0v) is 12.2. The van der Waals surface area contributed by atoms with Crippen LogP contribution in [0.15, 0.2) is 11.3 Å². The number of nitrogens with zero attached hydrogens (tertiary/aromatic N) is 4. The first kappa shape index (κ1) is 16.0. The molecule has 0 aromatic carbocycles. The second-order valence-electron chi connectivity index (χ2n) is 5.08. The molecule has 1 saturated heterocycles. The molecule has 1 unspecified atom stereocenters. The van der Waals surface area contributed by atoms with Gasteiger partial charge in [0.25, 0.3) is 5.12 Å². The van der Waals surface area contributed by atoms with Gasteiger partial charge in [0.1, 0.15) is 24.6 Å². The molecule has 23 heavy (non-hydrogen) atoms. The van der Waals surface area contributed by atoms with Crippen molar-refractivity contribution in [3.05, 3.63) is 22.1 Å². The van der Waals surface area contributed by atoms with Crippen LogP contribution in [-0.2, 0) is 9.86 Å². The molecule has 0 spiro atoms. The summed E-state index contributed by atoms with van der Waals surface area (Å²) in [4.78, 5) is 17.8. The molecule has 2 aliphatic rings. The minimum atomic E-state index is -1.87. The van der Waals surface area contributed by atoms with Crippen molar-refractivity contribution in [2.45, 2.75) is 29.7 Å². The third kappa shape index (κ3) is 2.45. The van der Waals surface area contributed by atoms with Crippen molar-refractivity contribution >= 4 is 23.4 Å². The van der Waals surface area contributed by atoms with Gasteiger partial charge in [0.15, 0.2) is 11.9 Å². The smallest absolute Gasteiger partial charge is 0.394 e. The lowest BCUT2D eigenvalue weighted by atomic mass is 10.1. The highest BCUT2D eigenvalue weighted by molar-refractivity contribution is 6.24. The van der Waals surface area contributed by atoms with Gasteiger partial charge in [0.05, 0.1) is 6.61 Å². The van der Waals surface area contributed by atoms with Crippen LogP contribution in [0.1, 0.15) is 11.9 Å². The number of alkyl halides is 1. The second kappa shape index (κ2) is 5.36. The summed E-state index contributed by atoms with van der Waals surface area (Å²) in [5.41, 5.74) is 5.73. The first-order chi connectivity index (χ1) is 10.8. The zero-order chi connectivity index (χ0) is 16.9. The summed E-state index contributed by atoms with van der Waals surface area (Å²) in [6.45, 7) is -0.521. The monoisotopic (exact) mass is 348 g/mol. The van der Waals surface area contributed by atoms with Crippen LogP contribution in [0, 0.1) is 10.1 Å². The average molecular weight is 349 g/mol. The van der Waals surface area contributed by atoms with Crippen molar-refractivity contribution in [2.24, 2.45) is 10.7 Å². The van der Waals surface area contributed by atoms with Gasteiger partial charge in [-0.3, -0.25) is 10.3 Å². The van der Waals surface area contributed by atoms with Gasteiger partial charge in [-0.15, -0.1) is 0 Å².